The van der Waals surface area contributed by atoms with Crippen molar-refractivity contribution in [3.05, 3.63) is 101 Å². The molecule has 1 fully saturated rings. The molecule has 4 rings (SSSR count). The van der Waals surface area contributed by atoms with Crippen LogP contribution in [0, 0.1) is 11.6 Å². The number of nitrogens with one attached hydrogen (secondary N) is 1. The molecule has 13 heteroatoms. The van der Waals surface area contributed by atoms with E-state index in [2.05, 4.69) is 5.32 Å². The van der Waals surface area contributed by atoms with Crippen LogP contribution in [0.25, 0.3) is 0 Å². The molecule has 41 heavy (non-hydrogen) atoms. The number of likely N-dealkylation sites (tertiary alicyclic amines) is 1. The predicted molar refractivity (Wildman–Crippen MR) is 133 cm³/mol. The van der Waals surface area contributed by atoms with Gasteiger partial charge in [-0.3, -0.25) is 4.79 Å². The minimum Gasteiger partial charge on any atom is -0.494 e. The molecular formula is C28H24F7N3O3. The fourth-order valence-electron chi connectivity index (χ4n) is 4.93. The largest absolute Gasteiger partial charge is 0.494 e. The number of hydrogen-bond donors (Lipinski definition) is 2. The zero-order valence-corrected chi connectivity index (χ0v) is 21.4. The molecule has 2 atom stereocenters. The Morgan fingerprint density at radius 2 is 1.66 bits per heavy atom. The van der Waals surface area contributed by atoms with Crippen LogP contribution in [0.2, 0.25) is 0 Å². The van der Waals surface area contributed by atoms with Gasteiger partial charge in [-0.15, -0.1) is 0 Å². The SMILES string of the molecule is COc1cc([C@@](Cc2ccccc2)(NC(=O)N2CC(F)(F)CC2C(N)=O)c2cc(F)cc(C(F)(F)F)c2)ccc1F. The van der Waals surface area contributed by atoms with Gasteiger partial charge in [0.05, 0.1) is 24.8 Å². The Morgan fingerprint density at radius 3 is 2.27 bits per heavy atom. The van der Waals surface area contributed by atoms with Crippen molar-refractivity contribution in [2.75, 3.05) is 13.7 Å². The Kier molecular flexibility index (Phi) is 7.92. The van der Waals surface area contributed by atoms with Gasteiger partial charge in [-0.25, -0.2) is 22.4 Å². The molecule has 1 heterocycles. The van der Waals surface area contributed by atoms with Crippen LogP contribution in [0.5, 0.6) is 5.75 Å². The third-order valence-electron chi connectivity index (χ3n) is 6.85. The molecule has 218 valence electrons. The lowest BCUT2D eigenvalue weighted by Crippen LogP contribution is -2.56. The number of alkyl halides is 5. The Morgan fingerprint density at radius 1 is 1.00 bits per heavy atom. The second-order valence-electron chi connectivity index (χ2n) is 9.68. The van der Waals surface area contributed by atoms with Crippen LogP contribution in [0.3, 0.4) is 0 Å². The summed E-state index contributed by atoms with van der Waals surface area (Å²) in [6, 6.07) is 9.75. The Hall–Kier alpha value is -4.29. The molecule has 1 unspecified atom stereocenters. The van der Waals surface area contributed by atoms with Crippen molar-refractivity contribution in [1.82, 2.24) is 10.2 Å². The van der Waals surface area contributed by atoms with Gasteiger partial charge in [-0.1, -0.05) is 36.4 Å². The summed E-state index contributed by atoms with van der Waals surface area (Å²) in [4.78, 5) is 26.1. The molecule has 0 aliphatic carbocycles. The van der Waals surface area contributed by atoms with Crippen molar-refractivity contribution < 1.29 is 45.1 Å². The Labute approximate surface area is 229 Å². The number of rotatable bonds is 7. The summed E-state index contributed by atoms with van der Waals surface area (Å²) in [6.45, 7) is -1.21. The molecule has 1 aliphatic rings. The minimum atomic E-state index is -5.01. The zero-order valence-electron chi connectivity index (χ0n) is 21.4. The van der Waals surface area contributed by atoms with Crippen molar-refractivity contribution >= 4 is 11.9 Å². The number of benzene rings is 3. The van der Waals surface area contributed by atoms with Gasteiger partial charge in [-0.05, 0) is 47.0 Å². The van der Waals surface area contributed by atoms with Crippen molar-refractivity contribution in [3.8, 4) is 5.75 Å². The van der Waals surface area contributed by atoms with Gasteiger partial charge in [-0.2, -0.15) is 13.2 Å². The summed E-state index contributed by atoms with van der Waals surface area (Å²) in [7, 11) is 1.13. The first-order chi connectivity index (χ1) is 19.1. The van der Waals surface area contributed by atoms with Crippen LogP contribution in [0.4, 0.5) is 35.5 Å². The number of nitrogens with zero attached hydrogens (tertiary/aromatic N) is 1. The predicted octanol–water partition coefficient (Wildman–Crippen LogP) is 5.38. The molecule has 0 aromatic heterocycles. The van der Waals surface area contributed by atoms with Crippen molar-refractivity contribution in [1.29, 1.82) is 0 Å². The lowest BCUT2D eigenvalue weighted by molar-refractivity contribution is -0.137. The summed E-state index contributed by atoms with van der Waals surface area (Å²) in [5.41, 5.74) is 1.68. The van der Waals surface area contributed by atoms with Crippen LogP contribution in [-0.2, 0) is 22.9 Å². The van der Waals surface area contributed by atoms with E-state index in [-0.39, 0.29) is 23.8 Å². The van der Waals surface area contributed by atoms with E-state index in [1.54, 1.807) is 30.3 Å². The van der Waals surface area contributed by atoms with E-state index in [1.807, 2.05) is 0 Å². The first-order valence-corrected chi connectivity index (χ1v) is 12.2. The van der Waals surface area contributed by atoms with Gasteiger partial charge in [0, 0.05) is 12.8 Å². The monoisotopic (exact) mass is 583 g/mol. The number of hydrogen-bond acceptors (Lipinski definition) is 3. The van der Waals surface area contributed by atoms with Gasteiger partial charge >= 0.3 is 12.2 Å². The second kappa shape index (κ2) is 10.9. The van der Waals surface area contributed by atoms with Crippen LogP contribution in [0.1, 0.15) is 28.7 Å². The number of ether oxygens (including phenoxy) is 1. The average Bonchev–Trinajstić information content (AvgIpc) is 3.24. The van der Waals surface area contributed by atoms with E-state index in [1.165, 1.54) is 0 Å². The van der Waals surface area contributed by atoms with Crippen LogP contribution < -0.4 is 15.8 Å². The smallest absolute Gasteiger partial charge is 0.416 e. The topological polar surface area (TPSA) is 84.7 Å². The van der Waals surface area contributed by atoms with Gasteiger partial charge in [0.1, 0.15) is 11.9 Å². The third kappa shape index (κ3) is 6.23. The molecule has 1 aliphatic heterocycles. The number of nitrogens with two attached hydrogens (primary N) is 1. The molecule has 3 aromatic carbocycles. The van der Waals surface area contributed by atoms with E-state index in [0.717, 1.165) is 31.4 Å². The Balaban J connectivity index is 1.99. The number of methoxy groups -OCH3 is 1. The van der Waals surface area contributed by atoms with Crippen molar-refractivity contribution in [2.45, 2.75) is 36.5 Å². The van der Waals surface area contributed by atoms with Crippen molar-refractivity contribution in [2.24, 2.45) is 5.73 Å². The van der Waals surface area contributed by atoms with Gasteiger partial charge in [0.15, 0.2) is 11.6 Å². The fourth-order valence-corrected chi connectivity index (χ4v) is 4.93. The molecule has 0 saturated carbocycles. The highest BCUT2D eigenvalue weighted by Gasteiger charge is 2.51. The first-order valence-electron chi connectivity index (χ1n) is 12.2. The van der Waals surface area contributed by atoms with E-state index in [9.17, 15) is 40.3 Å². The molecular weight excluding hydrogens is 559 g/mol. The standard InChI is InChI=1S/C28H24F7N3O3/c1-41-23-12-17(7-8-21(23)30)27(13-16-5-3-2-4-6-16,18-9-19(28(33,34)35)11-20(29)10-18)37-25(40)38-15-26(31,32)14-22(38)24(36)39/h2-12,22H,13-15H2,1H3,(H2,36,39)(H,37,40)/t22?,27-/m1/s1. The van der Waals surface area contributed by atoms with Crippen LogP contribution in [-0.4, -0.2) is 42.5 Å². The number of urea groups is 1. The third-order valence-corrected chi connectivity index (χ3v) is 6.85. The molecule has 3 amide bonds. The fraction of sp³-hybridized carbons (Fsp3) is 0.286. The quantitative estimate of drug-likeness (QED) is 0.367. The zero-order chi connectivity index (χ0) is 30.2. The number of carbonyl (C=O) groups excluding carboxylic acids is 2. The molecule has 0 spiro atoms. The molecule has 3 N–H and O–H groups in total. The van der Waals surface area contributed by atoms with Gasteiger partial charge in [0.25, 0.3) is 5.92 Å². The molecule has 0 radical (unpaired) electrons. The van der Waals surface area contributed by atoms with E-state index < -0.39 is 71.3 Å². The number of halogens is 7. The van der Waals surface area contributed by atoms with E-state index >= 15 is 0 Å². The molecule has 6 nitrogen and oxygen atoms in total. The van der Waals surface area contributed by atoms with Gasteiger partial charge < -0.3 is 20.7 Å². The van der Waals surface area contributed by atoms with Gasteiger partial charge in [0.2, 0.25) is 5.91 Å². The van der Waals surface area contributed by atoms with Crippen molar-refractivity contribution in [3.63, 3.8) is 0 Å². The van der Waals surface area contributed by atoms with E-state index in [4.69, 9.17) is 10.5 Å². The summed E-state index contributed by atoms with van der Waals surface area (Å²) in [5.74, 6) is -7.22. The Bertz CT molecular complexity index is 1450. The number of carbonyl (C=O) groups is 2. The first kappa shape index (κ1) is 29.7. The number of primary amides is 1. The molecule has 0 bridgehead atoms. The second-order valence-corrected chi connectivity index (χ2v) is 9.68. The maximum atomic E-state index is 14.8. The summed E-state index contributed by atoms with van der Waals surface area (Å²) in [6.07, 6.45) is -6.42. The van der Waals surface area contributed by atoms with E-state index in [0.29, 0.717) is 16.5 Å². The normalized spacial score (nSPS) is 18.0. The van der Waals surface area contributed by atoms with Crippen LogP contribution in [0.15, 0.2) is 66.7 Å². The highest BCUT2D eigenvalue weighted by atomic mass is 19.4. The lowest BCUT2D eigenvalue weighted by Gasteiger charge is -2.39. The molecule has 1 saturated heterocycles. The average molecular weight is 584 g/mol. The summed E-state index contributed by atoms with van der Waals surface area (Å²) >= 11 is 0. The highest BCUT2D eigenvalue weighted by molar-refractivity contribution is 5.87. The molecule has 3 aromatic rings. The highest BCUT2D eigenvalue weighted by Crippen LogP contribution is 2.40. The number of amides is 3. The maximum Gasteiger partial charge on any atom is 0.416 e. The summed E-state index contributed by atoms with van der Waals surface area (Å²) in [5, 5.41) is 2.49. The lowest BCUT2D eigenvalue weighted by atomic mass is 9.77. The summed E-state index contributed by atoms with van der Waals surface area (Å²) < 4.78 is 104. The maximum absolute atomic E-state index is 14.8. The minimum absolute atomic E-state index is 0.0618. The van der Waals surface area contributed by atoms with Crippen LogP contribution >= 0.6 is 0 Å².